The lowest BCUT2D eigenvalue weighted by atomic mass is 10.1. The van der Waals surface area contributed by atoms with Crippen LogP contribution in [0.15, 0.2) is 29.3 Å². The van der Waals surface area contributed by atoms with Crippen LogP contribution in [0, 0.1) is 11.7 Å². The number of nitrogens with zero attached hydrogens (tertiary/aromatic N) is 2. The maximum atomic E-state index is 12.9. The lowest BCUT2D eigenvalue weighted by Crippen LogP contribution is -2.47. The first-order chi connectivity index (χ1) is 12.9. The predicted octanol–water partition coefficient (Wildman–Crippen LogP) is 1.85. The third-order valence-electron chi connectivity index (χ3n) is 4.75. The summed E-state index contributed by atoms with van der Waals surface area (Å²) in [5, 5.41) is 16.9. The molecule has 3 unspecified atom stereocenters. The number of halogens is 1. The molecular formula is C20H33FN4O2. The van der Waals surface area contributed by atoms with Gasteiger partial charge in [0.05, 0.1) is 6.54 Å². The van der Waals surface area contributed by atoms with Gasteiger partial charge in [-0.15, -0.1) is 0 Å². The quantitative estimate of drug-likeness (QED) is 0.474. The van der Waals surface area contributed by atoms with E-state index in [-0.39, 0.29) is 19.0 Å². The van der Waals surface area contributed by atoms with E-state index in [1.54, 1.807) is 12.1 Å². The molecule has 1 aliphatic rings. The first-order valence-corrected chi connectivity index (χ1v) is 9.74. The SMILES string of the molecule is CCNC(=NCC(O)COc1ccc(F)cc1)NC1CN(C(C)C)CC1C. The highest BCUT2D eigenvalue weighted by molar-refractivity contribution is 5.80. The van der Waals surface area contributed by atoms with Crippen molar-refractivity contribution >= 4 is 5.96 Å². The Morgan fingerprint density at radius 3 is 2.63 bits per heavy atom. The number of aliphatic imine (C=N–C) groups is 1. The Morgan fingerprint density at radius 1 is 1.33 bits per heavy atom. The molecule has 0 amide bonds. The molecule has 152 valence electrons. The van der Waals surface area contributed by atoms with Gasteiger partial charge in [0.2, 0.25) is 0 Å². The van der Waals surface area contributed by atoms with Gasteiger partial charge in [-0.05, 0) is 51.0 Å². The second-order valence-corrected chi connectivity index (χ2v) is 7.41. The number of ether oxygens (including phenoxy) is 1. The summed E-state index contributed by atoms with van der Waals surface area (Å²) in [6, 6.07) is 6.60. The predicted molar refractivity (Wildman–Crippen MR) is 107 cm³/mol. The van der Waals surface area contributed by atoms with Gasteiger partial charge in [0, 0.05) is 31.7 Å². The molecule has 0 aliphatic carbocycles. The smallest absolute Gasteiger partial charge is 0.191 e. The van der Waals surface area contributed by atoms with Crippen LogP contribution in [0.3, 0.4) is 0 Å². The van der Waals surface area contributed by atoms with Gasteiger partial charge in [0.1, 0.15) is 24.3 Å². The average Bonchev–Trinajstić information content (AvgIpc) is 3.00. The fourth-order valence-electron chi connectivity index (χ4n) is 3.08. The molecule has 6 nitrogen and oxygen atoms in total. The highest BCUT2D eigenvalue weighted by Gasteiger charge is 2.31. The van der Waals surface area contributed by atoms with E-state index in [0.29, 0.717) is 29.7 Å². The van der Waals surface area contributed by atoms with Crippen LogP contribution in [0.4, 0.5) is 4.39 Å². The molecule has 1 aliphatic heterocycles. The second kappa shape index (κ2) is 10.5. The van der Waals surface area contributed by atoms with E-state index < -0.39 is 6.10 Å². The number of rotatable bonds is 8. The zero-order valence-electron chi connectivity index (χ0n) is 16.8. The minimum absolute atomic E-state index is 0.107. The van der Waals surface area contributed by atoms with Gasteiger partial charge in [-0.1, -0.05) is 6.92 Å². The topological polar surface area (TPSA) is 69.1 Å². The fourth-order valence-corrected chi connectivity index (χ4v) is 3.08. The minimum atomic E-state index is -0.737. The fraction of sp³-hybridized carbons (Fsp3) is 0.650. The Labute approximate surface area is 161 Å². The van der Waals surface area contributed by atoms with Gasteiger partial charge in [-0.3, -0.25) is 9.89 Å². The number of hydrogen-bond donors (Lipinski definition) is 3. The van der Waals surface area contributed by atoms with Crippen molar-refractivity contribution in [3.05, 3.63) is 30.1 Å². The summed E-state index contributed by atoms with van der Waals surface area (Å²) in [4.78, 5) is 6.95. The van der Waals surface area contributed by atoms with Crippen molar-refractivity contribution in [2.45, 2.75) is 45.9 Å². The average molecular weight is 381 g/mol. The molecule has 1 saturated heterocycles. The van der Waals surface area contributed by atoms with E-state index in [1.165, 1.54) is 12.1 Å². The number of guanidine groups is 1. The Balaban J connectivity index is 1.84. The third-order valence-corrected chi connectivity index (χ3v) is 4.75. The van der Waals surface area contributed by atoms with Crippen molar-refractivity contribution < 1.29 is 14.2 Å². The summed E-state index contributed by atoms with van der Waals surface area (Å²) in [5.41, 5.74) is 0. The molecule has 3 N–H and O–H groups in total. The Bertz CT molecular complexity index is 594. The maximum absolute atomic E-state index is 12.9. The number of benzene rings is 1. The summed E-state index contributed by atoms with van der Waals surface area (Å²) < 4.78 is 18.4. The normalized spacial score (nSPS) is 22.1. The number of likely N-dealkylation sites (tertiary alicyclic amines) is 1. The van der Waals surface area contributed by atoms with Gasteiger partial charge in [-0.2, -0.15) is 0 Å². The van der Waals surface area contributed by atoms with Gasteiger partial charge < -0.3 is 20.5 Å². The molecule has 0 aromatic heterocycles. The van der Waals surface area contributed by atoms with Crippen molar-refractivity contribution in [3.8, 4) is 5.75 Å². The second-order valence-electron chi connectivity index (χ2n) is 7.41. The molecule has 1 heterocycles. The van der Waals surface area contributed by atoms with E-state index in [2.05, 4.69) is 41.3 Å². The molecule has 1 aromatic rings. The molecule has 0 spiro atoms. The molecular weight excluding hydrogens is 347 g/mol. The van der Waals surface area contributed by atoms with Gasteiger partial charge in [0.15, 0.2) is 5.96 Å². The molecule has 1 aromatic carbocycles. The molecule has 0 bridgehead atoms. The summed E-state index contributed by atoms with van der Waals surface area (Å²) >= 11 is 0. The van der Waals surface area contributed by atoms with Crippen molar-refractivity contribution in [1.82, 2.24) is 15.5 Å². The molecule has 0 radical (unpaired) electrons. The molecule has 0 saturated carbocycles. The zero-order valence-corrected chi connectivity index (χ0v) is 16.8. The molecule has 27 heavy (non-hydrogen) atoms. The van der Waals surface area contributed by atoms with Crippen LogP contribution < -0.4 is 15.4 Å². The Morgan fingerprint density at radius 2 is 2.04 bits per heavy atom. The van der Waals surface area contributed by atoms with E-state index in [1.807, 2.05) is 6.92 Å². The Kier molecular flexibility index (Phi) is 8.31. The summed E-state index contributed by atoms with van der Waals surface area (Å²) in [6.45, 7) is 11.8. The third kappa shape index (κ3) is 6.99. The maximum Gasteiger partial charge on any atom is 0.191 e. The standard InChI is InChI=1S/C20H33FN4O2/c1-5-22-20(24-19-12-25(14(2)3)11-15(19)4)23-10-17(26)13-27-18-8-6-16(21)7-9-18/h6-9,14-15,17,19,26H,5,10-13H2,1-4H3,(H2,22,23,24). The number of nitrogens with one attached hydrogen (secondary N) is 2. The van der Waals surface area contributed by atoms with Crippen LogP contribution >= 0.6 is 0 Å². The highest BCUT2D eigenvalue weighted by atomic mass is 19.1. The molecule has 7 heteroatoms. The van der Waals surface area contributed by atoms with Crippen molar-refractivity contribution in [2.75, 3.05) is 32.8 Å². The van der Waals surface area contributed by atoms with Crippen molar-refractivity contribution in [2.24, 2.45) is 10.9 Å². The zero-order chi connectivity index (χ0) is 19.8. The molecule has 3 atom stereocenters. The summed E-state index contributed by atoms with van der Waals surface area (Å²) in [6.07, 6.45) is -0.737. The number of aliphatic hydroxyl groups is 1. The van der Waals surface area contributed by atoms with Crippen molar-refractivity contribution in [1.29, 1.82) is 0 Å². The lowest BCUT2D eigenvalue weighted by molar-refractivity contribution is 0.114. The number of hydrogen-bond acceptors (Lipinski definition) is 4. The van der Waals surface area contributed by atoms with E-state index in [0.717, 1.165) is 19.6 Å². The van der Waals surface area contributed by atoms with Gasteiger partial charge in [-0.25, -0.2) is 4.39 Å². The van der Waals surface area contributed by atoms with Crippen LogP contribution in [-0.2, 0) is 0 Å². The monoisotopic (exact) mass is 380 g/mol. The van der Waals surface area contributed by atoms with Gasteiger partial charge >= 0.3 is 0 Å². The highest BCUT2D eigenvalue weighted by Crippen LogP contribution is 2.18. The van der Waals surface area contributed by atoms with Crippen molar-refractivity contribution in [3.63, 3.8) is 0 Å². The van der Waals surface area contributed by atoms with Gasteiger partial charge in [0.25, 0.3) is 0 Å². The van der Waals surface area contributed by atoms with Crippen LogP contribution in [0.5, 0.6) is 5.75 Å². The molecule has 2 rings (SSSR count). The minimum Gasteiger partial charge on any atom is -0.491 e. The first kappa shape index (κ1) is 21.4. The largest absolute Gasteiger partial charge is 0.491 e. The lowest BCUT2D eigenvalue weighted by Gasteiger charge is -2.22. The Hall–Kier alpha value is -1.86. The molecule has 1 fully saturated rings. The summed E-state index contributed by atoms with van der Waals surface area (Å²) in [7, 11) is 0. The van der Waals surface area contributed by atoms with E-state index >= 15 is 0 Å². The summed E-state index contributed by atoms with van der Waals surface area (Å²) in [5.74, 6) is 1.45. The van der Waals surface area contributed by atoms with Crippen LogP contribution in [0.25, 0.3) is 0 Å². The first-order valence-electron chi connectivity index (χ1n) is 9.74. The van der Waals surface area contributed by atoms with E-state index in [9.17, 15) is 9.50 Å². The van der Waals surface area contributed by atoms with E-state index in [4.69, 9.17) is 4.74 Å². The number of aliphatic hydroxyl groups excluding tert-OH is 1. The van der Waals surface area contributed by atoms with Crippen LogP contribution in [0.1, 0.15) is 27.7 Å². The van der Waals surface area contributed by atoms with Crippen LogP contribution in [0.2, 0.25) is 0 Å². The van der Waals surface area contributed by atoms with Crippen LogP contribution in [-0.4, -0.2) is 66.9 Å².